The molecule has 14 heavy (non-hydrogen) atoms. The van der Waals surface area contributed by atoms with Gasteiger partial charge in [-0.2, -0.15) is 13.2 Å². The summed E-state index contributed by atoms with van der Waals surface area (Å²) in [7, 11) is 0. The van der Waals surface area contributed by atoms with Crippen LogP contribution in [0.4, 0.5) is 13.2 Å². The van der Waals surface area contributed by atoms with E-state index in [1.54, 1.807) is 20.8 Å². The molecule has 0 amide bonds. The Hall–Kier alpha value is -1.06. The number of hydrogen-bond donors (Lipinski definition) is 0. The van der Waals surface area contributed by atoms with E-state index in [9.17, 15) is 13.2 Å². The molecule has 4 heteroatoms. The zero-order valence-corrected chi connectivity index (χ0v) is 8.24. The number of rotatable bonds is 0. The zero-order chi connectivity index (χ0) is 11.0. The van der Waals surface area contributed by atoms with E-state index in [2.05, 4.69) is 11.1 Å². The first kappa shape index (κ1) is 11.0. The van der Waals surface area contributed by atoms with Crippen molar-refractivity contribution in [2.75, 3.05) is 0 Å². The van der Waals surface area contributed by atoms with Crippen molar-refractivity contribution >= 4 is 0 Å². The number of pyridine rings is 1. The summed E-state index contributed by atoms with van der Waals surface area (Å²) in [6.45, 7) is 5.15. The van der Waals surface area contributed by atoms with Crippen LogP contribution in [0.1, 0.15) is 31.9 Å². The highest BCUT2D eigenvalue weighted by atomic mass is 19.4. The van der Waals surface area contributed by atoms with Crippen molar-refractivity contribution in [3.63, 3.8) is 0 Å². The molecule has 1 aromatic rings. The summed E-state index contributed by atoms with van der Waals surface area (Å²) in [4.78, 5) is 3.45. The fourth-order valence-corrected chi connectivity index (χ4v) is 1.19. The molecule has 0 atom stereocenters. The summed E-state index contributed by atoms with van der Waals surface area (Å²) in [6, 6.07) is 2.55. The third-order valence-corrected chi connectivity index (χ3v) is 1.81. The molecule has 0 aliphatic heterocycles. The molecule has 0 aliphatic carbocycles. The van der Waals surface area contributed by atoms with Crippen molar-refractivity contribution in [2.24, 2.45) is 0 Å². The highest BCUT2D eigenvalue weighted by Gasteiger charge is 2.36. The van der Waals surface area contributed by atoms with Crippen LogP contribution in [0.5, 0.6) is 0 Å². The Bertz CT molecular complexity index is 290. The van der Waals surface area contributed by atoms with Crippen molar-refractivity contribution in [3.05, 3.63) is 29.6 Å². The maximum atomic E-state index is 12.5. The number of hydrogen-bond acceptors (Lipinski definition) is 1. The molecule has 1 heterocycles. The fourth-order valence-electron chi connectivity index (χ4n) is 1.19. The van der Waals surface area contributed by atoms with E-state index < -0.39 is 17.2 Å². The van der Waals surface area contributed by atoms with Gasteiger partial charge in [0.25, 0.3) is 0 Å². The lowest BCUT2D eigenvalue weighted by atomic mass is 9.84. The molecule has 0 unspecified atom stereocenters. The second kappa shape index (κ2) is 3.26. The summed E-state index contributed by atoms with van der Waals surface area (Å²) in [5, 5.41) is 0. The summed E-state index contributed by atoms with van der Waals surface area (Å²) in [6.07, 6.45) is -2.25. The molecule has 0 fully saturated rings. The van der Waals surface area contributed by atoms with Gasteiger partial charge in [-0.05, 0) is 11.0 Å². The number of nitrogens with zero attached hydrogens (tertiary/aromatic N) is 1. The molecule has 0 spiro atoms. The lowest BCUT2D eigenvalue weighted by molar-refractivity contribution is -0.139. The molecular weight excluding hydrogens is 191 g/mol. The number of aromatic nitrogens is 1. The van der Waals surface area contributed by atoms with Crippen LogP contribution in [0.15, 0.2) is 12.4 Å². The Morgan fingerprint density at radius 3 is 2.14 bits per heavy atom. The van der Waals surface area contributed by atoms with Crippen LogP contribution in [-0.2, 0) is 11.6 Å². The Kier molecular flexibility index (Phi) is 2.56. The van der Waals surface area contributed by atoms with Gasteiger partial charge in [0.15, 0.2) is 0 Å². The van der Waals surface area contributed by atoms with Gasteiger partial charge in [-0.1, -0.05) is 20.8 Å². The molecule has 1 radical (unpaired) electrons. The maximum Gasteiger partial charge on any atom is 0.418 e. The monoisotopic (exact) mass is 202 g/mol. The topological polar surface area (TPSA) is 12.9 Å². The minimum absolute atomic E-state index is 0.153. The Morgan fingerprint density at radius 2 is 1.79 bits per heavy atom. The van der Waals surface area contributed by atoms with Crippen molar-refractivity contribution < 1.29 is 13.2 Å². The molecule has 0 saturated heterocycles. The van der Waals surface area contributed by atoms with Crippen LogP contribution >= 0.6 is 0 Å². The minimum Gasteiger partial charge on any atom is -0.263 e. The van der Waals surface area contributed by atoms with E-state index >= 15 is 0 Å². The van der Waals surface area contributed by atoms with E-state index in [4.69, 9.17) is 0 Å². The molecule has 0 bridgehead atoms. The van der Waals surface area contributed by atoms with Gasteiger partial charge in [-0.3, -0.25) is 4.98 Å². The first-order valence-corrected chi connectivity index (χ1v) is 4.16. The van der Waals surface area contributed by atoms with Gasteiger partial charge in [0.2, 0.25) is 0 Å². The van der Waals surface area contributed by atoms with Crippen LogP contribution in [0.25, 0.3) is 0 Å². The second-order valence-electron chi connectivity index (χ2n) is 4.09. The first-order chi connectivity index (χ1) is 6.23. The lowest BCUT2D eigenvalue weighted by Crippen LogP contribution is -2.19. The van der Waals surface area contributed by atoms with Crippen LogP contribution in [-0.4, -0.2) is 4.98 Å². The van der Waals surface area contributed by atoms with E-state index in [0.29, 0.717) is 0 Å². The fraction of sp³-hybridized carbons (Fsp3) is 0.500. The van der Waals surface area contributed by atoms with Gasteiger partial charge < -0.3 is 0 Å². The van der Waals surface area contributed by atoms with Crippen LogP contribution in [0.2, 0.25) is 0 Å². The Labute approximate surface area is 81.0 Å². The normalized spacial score (nSPS) is 13.0. The number of halogens is 3. The van der Waals surface area contributed by atoms with Crippen molar-refractivity contribution in [2.45, 2.75) is 32.4 Å². The largest absolute Gasteiger partial charge is 0.418 e. The molecule has 1 nitrogen and oxygen atoms in total. The van der Waals surface area contributed by atoms with Crippen LogP contribution in [0.3, 0.4) is 0 Å². The van der Waals surface area contributed by atoms with Gasteiger partial charge in [-0.15, -0.1) is 0 Å². The third kappa shape index (κ3) is 2.25. The molecule has 77 valence electrons. The quantitative estimate of drug-likeness (QED) is 0.629. The number of alkyl halides is 3. The molecule has 0 N–H and O–H groups in total. The molecule has 1 rings (SSSR count). The SMILES string of the molecule is CC(C)(C)c1[c]cncc1C(F)(F)F. The van der Waals surface area contributed by atoms with Gasteiger partial charge in [0.1, 0.15) is 0 Å². The van der Waals surface area contributed by atoms with Crippen molar-refractivity contribution in [1.82, 2.24) is 4.98 Å². The summed E-state index contributed by atoms with van der Waals surface area (Å²) in [5.74, 6) is 0. The smallest absolute Gasteiger partial charge is 0.263 e. The molecule has 0 aromatic carbocycles. The van der Waals surface area contributed by atoms with Gasteiger partial charge in [-0.25, -0.2) is 0 Å². The van der Waals surface area contributed by atoms with Crippen molar-refractivity contribution in [3.8, 4) is 0 Å². The molecule has 0 saturated carbocycles. The van der Waals surface area contributed by atoms with E-state index in [-0.39, 0.29) is 5.56 Å². The highest BCUT2D eigenvalue weighted by molar-refractivity contribution is 5.31. The summed E-state index contributed by atoms with van der Waals surface area (Å²) in [5.41, 5.74) is -1.12. The summed E-state index contributed by atoms with van der Waals surface area (Å²) < 4.78 is 37.6. The minimum atomic E-state index is -4.35. The predicted molar refractivity (Wildman–Crippen MR) is 46.8 cm³/mol. The average molecular weight is 202 g/mol. The van der Waals surface area contributed by atoms with E-state index in [1.807, 2.05) is 0 Å². The maximum absolute atomic E-state index is 12.5. The van der Waals surface area contributed by atoms with Gasteiger partial charge in [0.05, 0.1) is 5.56 Å². The standard InChI is InChI=1S/C10H11F3N/c1-9(2,3)7-4-5-14-6-8(7)10(11,12)13/h5-6H,1-3H3. The highest BCUT2D eigenvalue weighted by Crippen LogP contribution is 2.36. The van der Waals surface area contributed by atoms with E-state index in [1.165, 1.54) is 6.20 Å². The predicted octanol–water partition coefficient (Wildman–Crippen LogP) is 3.20. The second-order valence-corrected chi connectivity index (χ2v) is 4.09. The molecule has 0 aliphatic rings. The van der Waals surface area contributed by atoms with Gasteiger partial charge in [0, 0.05) is 18.5 Å². The molecular formula is C10H11F3N. The van der Waals surface area contributed by atoms with Crippen LogP contribution in [0, 0.1) is 6.07 Å². The summed E-state index contributed by atoms with van der Waals surface area (Å²) >= 11 is 0. The first-order valence-electron chi connectivity index (χ1n) is 4.16. The Morgan fingerprint density at radius 1 is 1.21 bits per heavy atom. The van der Waals surface area contributed by atoms with E-state index in [0.717, 1.165) is 6.20 Å². The average Bonchev–Trinajstić information content (AvgIpc) is 2.01. The molecule has 1 aromatic heterocycles. The van der Waals surface area contributed by atoms with Gasteiger partial charge >= 0.3 is 6.18 Å². The van der Waals surface area contributed by atoms with Crippen molar-refractivity contribution in [1.29, 1.82) is 0 Å². The zero-order valence-electron chi connectivity index (χ0n) is 8.24. The Balaban J connectivity index is 3.31. The lowest BCUT2D eigenvalue weighted by Gasteiger charge is -2.22. The van der Waals surface area contributed by atoms with Crippen LogP contribution < -0.4 is 0 Å². The third-order valence-electron chi connectivity index (χ3n) is 1.81.